The maximum atomic E-state index is 12.2. The number of allylic oxidation sites excluding steroid dienone is 4. The number of nitrogens with zero attached hydrogens (tertiary/aromatic N) is 2. The van der Waals surface area contributed by atoms with Crippen LogP contribution >= 0.6 is 0 Å². The average Bonchev–Trinajstić information content (AvgIpc) is 2.62. The molecule has 0 aliphatic heterocycles. The quantitative estimate of drug-likeness (QED) is 0.667. The summed E-state index contributed by atoms with van der Waals surface area (Å²) in [5.41, 5.74) is 8.41. The van der Waals surface area contributed by atoms with Gasteiger partial charge in [-0.1, -0.05) is 43.0 Å². The molecule has 6 heteroatoms. The number of aryl methyl sites for hydroxylation is 1. The van der Waals surface area contributed by atoms with Crippen LogP contribution < -0.4 is 11.1 Å². The third kappa shape index (κ3) is 5.39. The van der Waals surface area contributed by atoms with Crippen LogP contribution in [0.25, 0.3) is 5.57 Å². The maximum Gasteiger partial charge on any atom is 0.229 e. The molecule has 0 bridgehead atoms. The predicted octanol–water partition coefficient (Wildman–Crippen LogP) is 2.76. The van der Waals surface area contributed by atoms with Crippen molar-refractivity contribution in [3.05, 3.63) is 78.3 Å². The molecule has 6 nitrogen and oxygen atoms in total. The van der Waals surface area contributed by atoms with E-state index in [-0.39, 0.29) is 18.1 Å². The Balaban J connectivity index is 2.12. The van der Waals surface area contributed by atoms with Gasteiger partial charge in [-0.25, -0.2) is 9.97 Å². The molecule has 1 heterocycles. The van der Waals surface area contributed by atoms with E-state index < -0.39 is 0 Å². The number of rotatable bonds is 7. The van der Waals surface area contributed by atoms with Crippen LogP contribution in [-0.4, -0.2) is 27.5 Å². The molecular weight excluding hydrogens is 328 g/mol. The van der Waals surface area contributed by atoms with Crippen molar-refractivity contribution in [3.8, 4) is 5.75 Å². The smallest absolute Gasteiger partial charge is 0.229 e. The molecule has 134 valence electrons. The van der Waals surface area contributed by atoms with Gasteiger partial charge in [0.25, 0.3) is 0 Å². The third-order valence-corrected chi connectivity index (χ3v) is 3.53. The number of amides is 1. The molecule has 1 amide bonds. The zero-order valence-electron chi connectivity index (χ0n) is 14.6. The van der Waals surface area contributed by atoms with Crippen molar-refractivity contribution >= 4 is 17.3 Å². The molecule has 0 aliphatic carbocycles. The average molecular weight is 350 g/mol. The van der Waals surface area contributed by atoms with Crippen LogP contribution in [0, 0.1) is 6.92 Å². The van der Waals surface area contributed by atoms with Crippen LogP contribution in [0.3, 0.4) is 0 Å². The highest BCUT2D eigenvalue weighted by molar-refractivity contribution is 5.91. The minimum absolute atomic E-state index is 0.165. The normalized spacial score (nSPS) is 11.5. The van der Waals surface area contributed by atoms with E-state index >= 15 is 0 Å². The van der Waals surface area contributed by atoms with Crippen LogP contribution in [0.2, 0.25) is 0 Å². The van der Waals surface area contributed by atoms with Crippen molar-refractivity contribution < 1.29 is 9.90 Å². The lowest BCUT2D eigenvalue weighted by atomic mass is 10.1. The summed E-state index contributed by atoms with van der Waals surface area (Å²) < 4.78 is 0. The number of hydrogen-bond donors (Lipinski definition) is 3. The van der Waals surface area contributed by atoms with Gasteiger partial charge in [0.05, 0.1) is 24.0 Å². The van der Waals surface area contributed by atoms with Gasteiger partial charge in [0.1, 0.15) is 5.75 Å². The minimum atomic E-state index is -0.203. The van der Waals surface area contributed by atoms with Crippen molar-refractivity contribution in [2.45, 2.75) is 13.3 Å². The fourth-order valence-electron chi connectivity index (χ4n) is 2.27. The zero-order valence-corrected chi connectivity index (χ0v) is 14.6. The van der Waals surface area contributed by atoms with Crippen molar-refractivity contribution in [1.29, 1.82) is 0 Å². The van der Waals surface area contributed by atoms with Crippen LogP contribution in [0.1, 0.15) is 17.0 Å². The summed E-state index contributed by atoms with van der Waals surface area (Å²) in [4.78, 5) is 21.0. The zero-order chi connectivity index (χ0) is 18.9. The Morgan fingerprint density at radius 3 is 2.69 bits per heavy atom. The van der Waals surface area contributed by atoms with Crippen molar-refractivity contribution in [1.82, 2.24) is 9.97 Å². The standard InChI is InChI=1S/C20H22N4O2/c1-3-5-16(6-4-11-21)18-13-22-20(14(2)23-18)24-19(26)12-15-7-9-17(25)10-8-15/h3-10,13,25H,1,11-12,21H2,2H3,(H,22,24,26)/b6-4-,16-5+. The molecule has 0 fully saturated rings. The summed E-state index contributed by atoms with van der Waals surface area (Å²) in [6.45, 7) is 5.90. The molecule has 2 aromatic rings. The molecule has 4 N–H and O–H groups in total. The molecule has 0 radical (unpaired) electrons. The number of anilines is 1. The van der Waals surface area contributed by atoms with Crippen LogP contribution in [0.15, 0.2) is 61.3 Å². The topological polar surface area (TPSA) is 101 Å². The molecule has 0 unspecified atom stereocenters. The number of benzene rings is 1. The van der Waals surface area contributed by atoms with Gasteiger partial charge in [-0.05, 0) is 24.6 Å². The van der Waals surface area contributed by atoms with Gasteiger partial charge in [0.15, 0.2) is 5.82 Å². The first-order valence-electron chi connectivity index (χ1n) is 8.14. The summed E-state index contributed by atoms with van der Waals surface area (Å²) in [6, 6.07) is 6.49. The van der Waals surface area contributed by atoms with Gasteiger partial charge >= 0.3 is 0 Å². The summed E-state index contributed by atoms with van der Waals surface area (Å²) in [5.74, 6) is 0.377. The Kier molecular flexibility index (Phi) is 6.82. The van der Waals surface area contributed by atoms with Crippen molar-refractivity contribution in [2.24, 2.45) is 5.73 Å². The second-order valence-electron chi connectivity index (χ2n) is 5.58. The molecule has 0 atom stereocenters. The van der Waals surface area contributed by atoms with E-state index in [4.69, 9.17) is 5.73 Å². The molecule has 26 heavy (non-hydrogen) atoms. The van der Waals surface area contributed by atoms with E-state index in [1.807, 2.05) is 18.2 Å². The SMILES string of the molecule is C=C/C=C(\C=C/CN)c1cnc(NC(=O)Cc2ccc(O)cc2)c(C)n1. The maximum absolute atomic E-state index is 12.2. The second kappa shape index (κ2) is 9.29. The van der Waals surface area contributed by atoms with Crippen molar-refractivity contribution in [2.75, 3.05) is 11.9 Å². The first-order valence-corrected chi connectivity index (χ1v) is 8.14. The lowest BCUT2D eigenvalue weighted by molar-refractivity contribution is -0.115. The second-order valence-corrected chi connectivity index (χ2v) is 5.58. The Labute approximate surface area is 152 Å². The van der Waals surface area contributed by atoms with Crippen LogP contribution in [0.4, 0.5) is 5.82 Å². The number of phenols is 1. The van der Waals surface area contributed by atoms with E-state index in [2.05, 4.69) is 21.9 Å². The van der Waals surface area contributed by atoms with E-state index in [0.717, 1.165) is 11.1 Å². The first-order chi connectivity index (χ1) is 12.5. The van der Waals surface area contributed by atoms with E-state index in [0.29, 0.717) is 23.8 Å². The fraction of sp³-hybridized carbons (Fsp3) is 0.150. The molecule has 0 saturated carbocycles. The summed E-state index contributed by atoms with van der Waals surface area (Å²) in [7, 11) is 0. The Morgan fingerprint density at radius 1 is 1.35 bits per heavy atom. The fourth-order valence-corrected chi connectivity index (χ4v) is 2.27. The number of nitrogens with one attached hydrogen (secondary N) is 1. The van der Waals surface area contributed by atoms with Crippen LogP contribution in [-0.2, 0) is 11.2 Å². The minimum Gasteiger partial charge on any atom is -0.508 e. The highest BCUT2D eigenvalue weighted by Gasteiger charge is 2.10. The van der Waals surface area contributed by atoms with E-state index in [1.54, 1.807) is 43.5 Å². The number of phenolic OH excluding ortho intramolecular Hbond substituents is 1. The number of nitrogens with two attached hydrogens (primary N) is 1. The Bertz CT molecular complexity index is 839. The molecule has 0 aliphatic rings. The van der Waals surface area contributed by atoms with Gasteiger partial charge < -0.3 is 16.2 Å². The number of carbonyl (C=O) groups excluding carboxylic acids is 1. The van der Waals surface area contributed by atoms with Gasteiger partial charge in [-0.3, -0.25) is 4.79 Å². The number of hydrogen-bond acceptors (Lipinski definition) is 5. The molecule has 1 aromatic carbocycles. The van der Waals surface area contributed by atoms with Gasteiger partial charge in [0, 0.05) is 12.1 Å². The largest absolute Gasteiger partial charge is 0.508 e. The van der Waals surface area contributed by atoms with E-state index in [9.17, 15) is 9.90 Å². The molecule has 1 aromatic heterocycles. The lowest BCUT2D eigenvalue weighted by Crippen LogP contribution is -2.17. The highest BCUT2D eigenvalue weighted by atomic mass is 16.3. The number of carbonyl (C=O) groups is 1. The van der Waals surface area contributed by atoms with Gasteiger partial charge in [-0.15, -0.1) is 0 Å². The molecule has 0 saturated heterocycles. The molecular formula is C20H22N4O2. The summed E-state index contributed by atoms with van der Waals surface area (Å²) in [6.07, 6.45) is 8.94. The summed E-state index contributed by atoms with van der Waals surface area (Å²) >= 11 is 0. The predicted molar refractivity (Wildman–Crippen MR) is 104 cm³/mol. The van der Waals surface area contributed by atoms with Crippen LogP contribution in [0.5, 0.6) is 5.75 Å². The van der Waals surface area contributed by atoms with Gasteiger partial charge in [0.2, 0.25) is 5.91 Å². The number of aromatic nitrogens is 2. The summed E-state index contributed by atoms with van der Waals surface area (Å²) in [5, 5.41) is 12.0. The lowest BCUT2D eigenvalue weighted by Gasteiger charge is -2.09. The molecule has 0 spiro atoms. The third-order valence-electron chi connectivity index (χ3n) is 3.53. The van der Waals surface area contributed by atoms with E-state index in [1.165, 1.54) is 0 Å². The number of aromatic hydroxyl groups is 1. The highest BCUT2D eigenvalue weighted by Crippen LogP contribution is 2.17. The van der Waals surface area contributed by atoms with Crippen molar-refractivity contribution in [3.63, 3.8) is 0 Å². The monoisotopic (exact) mass is 350 g/mol. The first kappa shape index (κ1) is 19.1. The Morgan fingerprint density at radius 2 is 2.08 bits per heavy atom. The molecule has 2 rings (SSSR count). The Hall–Kier alpha value is -3.25. The van der Waals surface area contributed by atoms with Gasteiger partial charge in [-0.2, -0.15) is 0 Å².